The lowest BCUT2D eigenvalue weighted by Gasteiger charge is -2.02. The summed E-state index contributed by atoms with van der Waals surface area (Å²) in [4.78, 5) is 31.6. The highest BCUT2D eigenvalue weighted by Crippen LogP contribution is 2.45. The zero-order valence-corrected chi connectivity index (χ0v) is 18.6. The van der Waals surface area contributed by atoms with Crippen molar-refractivity contribution in [2.45, 2.75) is 6.42 Å². The number of hydrogen-bond donors (Lipinski definition) is 5. The maximum atomic E-state index is 13.5. The van der Waals surface area contributed by atoms with Crippen LogP contribution in [0.5, 0.6) is 5.75 Å². The Balaban J connectivity index is 1.64. The number of para-hydroxylation sites is 2. The molecule has 0 aliphatic rings. The van der Waals surface area contributed by atoms with E-state index in [1.54, 1.807) is 18.5 Å². The number of fused-ring (bicyclic) bond motifs is 2. The highest BCUT2D eigenvalue weighted by molar-refractivity contribution is 7.17. The monoisotopic (exact) mass is 472 g/mol. The van der Waals surface area contributed by atoms with Crippen LogP contribution in [0.3, 0.4) is 0 Å². The smallest absolute Gasteiger partial charge is 0.346 e. The van der Waals surface area contributed by atoms with E-state index in [2.05, 4.69) is 9.97 Å². The maximum Gasteiger partial charge on any atom is 0.346 e. The first-order chi connectivity index (χ1) is 16.5. The number of aliphatic hydroxyl groups is 1. The van der Waals surface area contributed by atoms with E-state index >= 15 is 0 Å². The molecule has 3 aromatic heterocycles. The number of aromatic amines is 2. The van der Waals surface area contributed by atoms with Crippen molar-refractivity contribution in [2.24, 2.45) is 0 Å². The Kier molecular flexibility index (Phi) is 5.53. The van der Waals surface area contributed by atoms with Gasteiger partial charge in [0.15, 0.2) is 0 Å². The van der Waals surface area contributed by atoms with E-state index in [0.29, 0.717) is 22.9 Å². The number of aromatic nitrogens is 2. The molecule has 0 unspecified atom stereocenters. The molecule has 0 radical (unpaired) electrons. The molecule has 170 valence electrons. The van der Waals surface area contributed by atoms with Gasteiger partial charge in [-0.1, -0.05) is 48.6 Å². The normalized spacial score (nSPS) is 11.7. The highest BCUT2D eigenvalue weighted by atomic mass is 32.1. The van der Waals surface area contributed by atoms with E-state index in [4.69, 9.17) is 5.11 Å². The minimum absolute atomic E-state index is 0.0280. The quantitative estimate of drug-likeness (QED) is 0.203. The number of aromatic hydroxyl groups is 1. The molecular formula is C26H20N2O5S. The SMILES string of the molecule is O=C(O)c1sc(C(=O)c2c[nH]c3c(/C=C/CCO)cccc23)c(O)c1-c1c[nH]c2ccccc12. The number of hydrogen-bond acceptors (Lipinski definition) is 5. The summed E-state index contributed by atoms with van der Waals surface area (Å²) in [5.74, 6) is -2.01. The molecule has 0 bridgehead atoms. The van der Waals surface area contributed by atoms with E-state index in [9.17, 15) is 19.8 Å². The molecule has 5 N–H and O–H groups in total. The van der Waals surface area contributed by atoms with Crippen molar-refractivity contribution in [1.29, 1.82) is 0 Å². The first kappa shape index (κ1) is 21.7. The number of carboxylic acids is 1. The Morgan fingerprint density at radius 2 is 1.76 bits per heavy atom. The molecule has 0 saturated heterocycles. The fourth-order valence-corrected chi connectivity index (χ4v) is 5.17. The Labute approximate surface area is 197 Å². The van der Waals surface area contributed by atoms with E-state index in [-0.39, 0.29) is 27.7 Å². The Morgan fingerprint density at radius 1 is 0.971 bits per heavy atom. The number of thiophene rings is 1. The average molecular weight is 473 g/mol. The van der Waals surface area contributed by atoms with Gasteiger partial charge in [0.2, 0.25) is 5.78 Å². The second kappa shape index (κ2) is 8.66. The molecule has 0 saturated carbocycles. The topological polar surface area (TPSA) is 126 Å². The molecule has 3 heterocycles. The highest BCUT2D eigenvalue weighted by Gasteiger charge is 2.30. The minimum Gasteiger partial charge on any atom is -0.506 e. The number of rotatable bonds is 7. The zero-order valence-electron chi connectivity index (χ0n) is 17.8. The summed E-state index contributed by atoms with van der Waals surface area (Å²) in [5, 5.41) is 31.4. The largest absolute Gasteiger partial charge is 0.506 e. The van der Waals surface area contributed by atoms with Crippen molar-refractivity contribution < 1.29 is 24.9 Å². The van der Waals surface area contributed by atoms with Crippen LogP contribution in [0.4, 0.5) is 0 Å². The fourth-order valence-electron chi connectivity index (χ4n) is 4.17. The summed E-state index contributed by atoms with van der Waals surface area (Å²) in [6.07, 6.45) is 7.43. The van der Waals surface area contributed by atoms with Crippen LogP contribution in [0, 0.1) is 0 Å². The third-order valence-electron chi connectivity index (χ3n) is 5.73. The van der Waals surface area contributed by atoms with Crippen LogP contribution in [0.2, 0.25) is 0 Å². The number of aromatic carboxylic acids is 1. The summed E-state index contributed by atoms with van der Waals surface area (Å²) in [6, 6.07) is 12.9. The fraction of sp³-hybridized carbons (Fsp3) is 0.0769. The summed E-state index contributed by atoms with van der Waals surface area (Å²) in [6.45, 7) is 0.0449. The minimum atomic E-state index is -1.21. The van der Waals surface area contributed by atoms with E-state index in [1.165, 1.54) is 0 Å². The predicted molar refractivity (Wildman–Crippen MR) is 133 cm³/mol. The van der Waals surface area contributed by atoms with Gasteiger partial charge in [-0.3, -0.25) is 4.79 Å². The summed E-state index contributed by atoms with van der Waals surface area (Å²) < 4.78 is 0. The molecule has 0 aliphatic heterocycles. The number of nitrogens with one attached hydrogen (secondary N) is 2. The van der Waals surface area contributed by atoms with Gasteiger partial charge in [0, 0.05) is 46.4 Å². The maximum absolute atomic E-state index is 13.5. The molecule has 0 amide bonds. The van der Waals surface area contributed by atoms with Gasteiger partial charge in [0.25, 0.3) is 0 Å². The summed E-state index contributed by atoms with van der Waals surface area (Å²) in [7, 11) is 0. The average Bonchev–Trinajstić information content (AvgIpc) is 3.54. The van der Waals surface area contributed by atoms with Gasteiger partial charge in [-0.25, -0.2) is 4.79 Å². The lowest BCUT2D eigenvalue weighted by atomic mass is 10.0. The summed E-state index contributed by atoms with van der Waals surface area (Å²) in [5.41, 5.74) is 3.39. The number of aliphatic hydroxyl groups excluding tert-OH is 1. The van der Waals surface area contributed by atoms with Crippen LogP contribution in [-0.2, 0) is 0 Å². The van der Waals surface area contributed by atoms with E-state index in [0.717, 1.165) is 33.3 Å². The number of carboxylic acid groups (broad SMARTS) is 1. The lowest BCUT2D eigenvalue weighted by Crippen LogP contribution is -1.98. The Hall–Kier alpha value is -4.14. The van der Waals surface area contributed by atoms with E-state index < -0.39 is 11.8 Å². The van der Waals surface area contributed by atoms with Crippen LogP contribution < -0.4 is 0 Å². The van der Waals surface area contributed by atoms with Crippen LogP contribution in [0.15, 0.2) is 60.9 Å². The number of benzene rings is 2. The molecule has 7 nitrogen and oxygen atoms in total. The van der Waals surface area contributed by atoms with Crippen molar-refractivity contribution in [2.75, 3.05) is 6.61 Å². The second-order valence-electron chi connectivity index (χ2n) is 7.75. The molecule has 34 heavy (non-hydrogen) atoms. The van der Waals surface area contributed by atoms with Gasteiger partial charge in [0.05, 0.1) is 11.1 Å². The third kappa shape index (κ3) is 3.49. The van der Waals surface area contributed by atoms with Crippen molar-refractivity contribution in [3.8, 4) is 16.9 Å². The van der Waals surface area contributed by atoms with Crippen LogP contribution in [0.1, 0.15) is 36.9 Å². The van der Waals surface area contributed by atoms with Crippen LogP contribution in [-0.4, -0.2) is 43.6 Å². The lowest BCUT2D eigenvalue weighted by molar-refractivity contribution is 0.0702. The van der Waals surface area contributed by atoms with Crippen molar-refractivity contribution in [1.82, 2.24) is 9.97 Å². The van der Waals surface area contributed by atoms with Crippen LogP contribution in [0.25, 0.3) is 39.0 Å². The molecule has 5 aromatic rings. The van der Waals surface area contributed by atoms with E-state index in [1.807, 2.05) is 48.6 Å². The first-order valence-electron chi connectivity index (χ1n) is 10.6. The van der Waals surface area contributed by atoms with Gasteiger partial charge in [0.1, 0.15) is 15.5 Å². The van der Waals surface area contributed by atoms with Gasteiger partial charge in [-0.15, -0.1) is 11.3 Å². The zero-order chi connectivity index (χ0) is 23.8. The molecule has 0 fully saturated rings. The third-order valence-corrected chi connectivity index (χ3v) is 6.89. The van der Waals surface area contributed by atoms with Crippen molar-refractivity contribution in [3.63, 3.8) is 0 Å². The Morgan fingerprint density at radius 3 is 2.56 bits per heavy atom. The van der Waals surface area contributed by atoms with Gasteiger partial charge < -0.3 is 25.3 Å². The van der Waals surface area contributed by atoms with Crippen molar-refractivity contribution >= 4 is 51.0 Å². The number of ketones is 1. The molecule has 0 atom stereocenters. The molecule has 2 aromatic carbocycles. The van der Waals surface area contributed by atoms with Crippen LogP contribution >= 0.6 is 11.3 Å². The van der Waals surface area contributed by atoms with Gasteiger partial charge in [-0.2, -0.15) is 0 Å². The Bertz CT molecular complexity index is 1590. The number of H-pyrrole nitrogens is 2. The predicted octanol–water partition coefficient (Wildman–Crippen LogP) is 5.41. The van der Waals surface area contributed by atoms with Crippen molar-refractivity contribution in [3.05, 3.63) is 81.8 Å². The van der Waals surface area contributed by atoms with Gasteiger partial charge >= 0.3 is 5.97 Å². The molecule has 5 rings (SSSR count). The number of carbonyl (C=O) groups excluding carboxylic acids is 1. The van der Waals surface area contributed by atoms with Gasteiger partial charge in [-0.05, 0) is 18.1 Å². The number of carbonyl (C=O) groups is 2. The molecule has 0 spiro atoms. The molecule has 8 heteroatoms. The molecule has 0 aliphatic carbocycles. The first-order valence-corrected chi connectivity index (χ1v) is 11.4. The standard InChI is InChI=1S/C26H20N2O5S/c29-11-4-3-6-14-7-5-9-16-18(13-28-21(14)16)22(30)25-23(31)20(24(34-25)26(32)33)17-12-27-19-10-2-1-8-15(17)19/h1-3,5-10,12-13,27-29,31H,4,11H2,(H,32,33)/b6-3+. The second-order valence-corrected chi connectivity index (χ2v) is 8.77. The molecular weight excluding hydrogens is 452 g/mol. The summed E-state index contributed by atoms with van der Waals surface area (Å²) >= 11 is 0.768.